The molecule has 0 unspecified atom stereocenters. The van der Waals surface area contributed by atoms with E-state index in [0.29, 0.717) is 17.7 Å². The molecular formula is C14H19NOS. The second-order valence-electron chi connectivity index (χ2n) is 4.83. The summed E-state index contributed by atoms with van der Waals surface area (Å²) in [6.07, 6.45) is 2.80. The van der Waals surface area contributed by atoms with Gasteiger partial charge in [0.2, 0.25) is 5.91 Å². The first-order chi connectivity index (χ1) is 8.13. The lowest BCUT2D eigenvalue weighted by molar-refractivity contribution is -0.120. The van der Waals surface area contributed by atoms with Crippen molar-refractivity contribution in [2.24, 2.45) is 0 Å². The summed E-state index contributed by atoms with van der Waals surface area (Å²) in [6, 6.07) is 8.77. The summed E-state index contributed by atoms with van der Waals surface area (Å²) in [6.45, 7) is 4.36. The molecule has 0 aliphatic heterocycles. The highest BCUT2D eigenvalue weighted by Gasteiger charge is 2.22. The Morgan fingerprint density at radius 1 is 1.35 bits per heavy atom. The van der Waals surface area contributed by atoms with Crippen molar-refractivity contribution in [3.63, 3.8) is 0 Å². The Morgan fingerprint density at radius 2 is 2.00 bits per heavy atom. The van der Waals surface area contributed by atoms with E-state index in [9.17, 15) is 4.79 Å². The van der Waals surface area contributed by atoms with Crippen molar-refractivity contribution >= 4 is 17.7 Å². The SMILES string of the molecule is CC(C)Sc1ccc(CC(=O)NC2CC2)cc1. The van der Waals surface area contributed by atoms with Gasteiger partial charge in [-0.3, -0.25) is 4.79 Å². The van der Waals surface area contributed by atoms with Crippen LogP contribution in [0, 0.1) is 0 Å². The molecular weight excluding hydrogens is 230 g/mol. The molecule has 0 saturated heterocycles. The van der Waals surface area contributed by atoms with Gasteiger partial charge in [0.15, 0.2) is 0 Å². The molecule has 3 heteroatoms. The maximum Gasteiger partial charge on any atom is 0.224 e. The van der Waals surface area contributed by atoms with Crippen molar-refractivity contribution in [2.75, 3.05) is 0 Å². The van der Waals surface area contributed by atoms with Crippen molar-refractivity contribution in [2.45, 2.75) is 49.3 Å². The molecule has 1 N–H and O–H groups in total. The molecule has 0 heterocycles. The molecule has 2 rings (SSSR count). The Labute approximate surface area is 107 Å². The van der Waals surface area contributed by atoms with Crippen LogP contribution in [-0.2, 0) is 11.2 Å². The van der Waals surface area contributed by atoms with Gasteiger partial charge in [0.05, 0.1) is 6.42 Å². The zero-order valence-corrected chi connectivity index (χ0v) is 11.2. The molecule has 0 atom stereocenters. The minimum Gasteiger partial charge on any atom is -0.353 e. The van der Waals surface area contributed by atoms with E-state index in [4.69, 9.17) is 0 Å². The van der Waals surface area contributed by atoms with Crippen LogP contribution in [0.2, 0.25) is 0 Å². The molecule has 2 nitrogen and oxygen atoms in total. The number of carbonyl (C=O) groups is 1. The topological polar surface area (TPSA) is 29.1 Å². The molecule has 1 saturated carbocycles. The molecule has 1 aliphatic rings. The van der Waals surface area contributed by atoms with Crippen molar-refractivity contribution < 1.29 is 4.79 Å². The predicted octanol–water partition coefficient (Wildman–Crippen LogP) is 3.01. The number of carbonyl (C=O) groups excluding carboxylic acids is 1. The zero-order valence-electron chi connectivity index (χ0n) is 10.4. The summed E-state index contributed by atoms with van der Waals surface area (Å²) in [5, 5.41) is 3.60. The normalized spacial score (nSPS) is 15.0. The van der Waals surface area contributed by atoms with Crippen LogP contribution >= 0.6 is 11.8 Å². The van der Waals surface area contributed by atoms with Crippen LogP contribution in [0.5, 0.6) is 0 Å². The number of hydrogen-bond acceptors (Lipinski definition) is 2. The number of benzene rings is 1. The molecule has 1 fully saturated rings. The molecule has 0 bridgehead atoms. The number of amides is 1. The van der Waals surface area contributed by atoms with Gasteiger partial charge in [0.1, 0.15) is 0 Å². The smallest absolute Gasteiger partial charge is 0.224 e. The molecule has 1 aromatic rings. The van der Waals surface area contributed by atoms with E-state index in [1.54, 1.807) is 0 Å². The van der Waals surface area contributed by atoms with Gasteiger partial charge < -0.3 is 5.32 Å². The monoisotopic (exact) mass is 249 g/mol. The van der Waals surface area contributed by atoms with Gasteiger partial charge in [-0.25, -0.2) is 0 Å². The summed E-state index contributed by atoms with van der Waals surface area (Å²) >= 11 is 1.85. The Hall–Kier alpha value is -0.960. The fraction of sp³-hybridized carbons (Fsp3) is 0.500. The highest BCUT2D eigenvalue weighted by molar-refractivity contribution is 7.99. The zero-order chi connectivity index (χ0) is 12.3. The lowest BCUT2D eigenvalue weighted by Crippen LogP contribution is -2.26. The minimum atomic E-state index is 0.150. The lowest BCUT2D eigenvalue weighted by Gasteiger charge is -2.06. The van der Waals surface area contributed by atoms with E-state index in [2.05, 4.69) is 43.4 Å². The van der Waals surface area contributed by atoms with Crippen molar-refractivity contribution in [3.8, 4) is 0 Å². The van der Waals surface area contributed by atoms with Gasteiger partial charge in [-0.05, 0) is 30.5 Å². The van der Waals surface area contributed by atoms with E-state index < -0.39 is 0 Å². The van der Waals surface area contributed by atoms with Crippen LogP contribution in [0.3, 0.4) is 0 Å². The largest absolute Gasteiger partial charge is 0.353 e. The second-order valence-corrected chi connectivity index (χ2v) is 6.48. The molecule has 17 heavy (non-hydrogen) atoms. The highest BCUT2D eigenvalue weighted by Crippen LogP contribution is 2.23. The molecule has 0 radical (unpaired) electrons. The van der Waals surface area contributed by atoms with Crippen LogP contribution in [0.25, 0.3) is 0 Å². The maximum atomic E-state index is 11.6. The number of thioether (sulfide) groups is 1. The van der Waals surface area contributed by atoms with Crippen molar-refractivity contribution in [1.29, 1.82) is 0 Å². The molecule has 1 amide bonds. The quantitative estimate of drug-likeness (QED) is 0.813. The Kier molecular flexibility index (Phi) is 4.11. The average molecular weight is 249 g/mol. The Morgan fingerprint density at radius 3 is 2.53 bits per heavy atom. The van der Waals surface area contributed by atoms with Crippen LogP contribution in [0.1, 0.15) is 32.3 Å². The van der Waals surface area contributed by atoms with E-state index in [0.717, 1.165) is 18.4 Å². The predicted molar refractivity (Wildman–Crippen MR) is 72.3 cm³/mol. The Balaban J connectivity index is 1.86. The van der Waals surface area contributed by atoms with Gasteiger partial charge in [-0.1, -0.05) is 26.0 Å². The van der Waals surface area contributed by atoms with Gasteiger partial charge in [-0.15, -0.1) is 11.8 Å². The summed E-state index contributed by atoms with van der Waals surface area (Å²) in [4.78, 5) is 12.9. The first-order valence-electron chi connectivity index (χ1n) is 6.18. The summed E-state index contributed by atoms with van der Waals surface area (Å²) in [5.41, 5.74) is 1.09. The highest BCUT2D eigenvalue weighted by atomic mass is 32.2. The summed E-state index contributed by atoms with van der Waals surface area (Å²) in [7, 11) is 0. The summed E-state index contributed by atoms with van der Waals surface area (Å²) < 4.78 is 0. The van der Waals surface area contributed by atoms with Crippen LogP contribution < -0.4 is 5.32 Å². The van der Waals surface area contributed by atoms with Crippen LogP contribution in [0.4, 0.5) is 0 Å². The standard InChI is InChI=1S/C14H19NOS/c1-10(2)17-13-7-3-11(4-8-13)9-14(16)15-12-5-6-12/h3-4,7-8,10,12H,5-6,9H2,1-2H3,(H,15,16). The first kappa shape index (κ1) is 12.5. The second kappa shape index (κ2) is 5.58. The lowest BCUT2D eigenvalue weighted by atomic mass is 10.1. The molecule has 0 aromatic heterocycles. The molecule has 0 spiro atoms. The molecule has 92 valence electrons. The van der Waals surface area contributed by atoms with Gasteiger partial charge >= 0.3 is 0 Å². The van der Waals surface area contributed by atoms with E-state index in [-0.39, 0.29) is 5.91 Å². The van der Waals surface area contributed by atoms with Crippen molar-refractivity contribution in [1.82, 2.24) is 5.32 Å². The first-order valence-corrected chi connectivity index (χ1v) is 7.06. The average Bonchev–Trinajstić information content (AvgIpc) is 3.04. The number of rotatable bonds is 5. The van der Waals surface area contributed by atoms with Gasteiger partial charge in [0, 0.05) is 16.2 Å². The third-order valence-corrected chi connectivity index (χ3v) is 3.62. The summed E-state index contributed by atoms with van der Waals surface area (Å²) in [5.74, 6) is 0.150. The van der Waals surface area contributed by atoms with Crippen molar-refractivity contribution in [3.05, 3.63) is 29.8 Å². The third kappa shape index (κ3) is 4.43. The Bertz CT molecular complexity index is 382. The van der Waals surface area contributed by atoms with Gasteiger partial charge in [-0.2, -0.15) is 0 Å². The van der Waals surface area contributed by atoms with Crippen LogP contribution in [-0.4, -0.2) is 17.2 Å². The fourth-order valence-electron chi connectivity index (χ4n) is 1.65. The van der Waals surface area contributed by atoms with Gasteiger partial charge in [0.25, 0.3) is 0 Å². The van der Waals surface area contributed by atoms with E-state index >= 15 is 0 Å². The number of nitrogens with one attached hydrogen (secondary N) is 1. The van der Waals surface area contributed by atoms with E-state index in [1.165, 1.54) is 4.90 Å². The maximum absolute atomic E-state index is 11.6. The molecule has 1 aliphatic carbocycles. The van der Waals surface area contributed by atoms with E-state index in [1.807, 2.05) is 11.8 Å². The third-order valence-electron chi connectivity index (χ3n) is 2.60. The minimum absolute atomic E-state index is 0.150. The van der Waals surface area contributed by atoms with Crippen LogP contribution in [0.15, 0.2) is 29.2 Å². The fourth-order valence-corrected chi connectivity index (χ4v) is 2.49. The molecule has 1 aromatic carbocycles. The number of hydrogen-bond donors (Lipinski definition) is 1.